The summed E-state index contributed by atoms with van der Waals surface area (Å²) in [5, 5.41) is 6.64. The zero-order valence-corrected chi connectivity index (χ0v) is 19.2. The molecule has 10 heteroatoms. The van der Waals surface area contributed by atoms with Gasteiger partial charge in [0.25, 0.3) is 11.5 Å². The fraction of sp³-hybridized carbons (Fsp3) is 0.154. The van der Waals surface area contributed by atoms with Crippen molar-refractivity contribution in [2.75, 3.05) is 0 Å². The largest absolute Gasteiger partial charge is 0.424 e. The number of hydrogen-bond donors (Lipinski definition) is 2. The number of aromatic amines is 2. The van der Waals surface area contributed by atoms with Crippen molar-refractivity contribution in [3.05, 3.63) is 102 Å². The van der Waals surface area contributed by atoms with Gasteiger partial charge in [-0.2, -0.15) is 0 Å². The van der Waals surface area contributed by atoms with E-state index in [1.165, 1.54) is 12.1 Å². The number of halogens is 1. The van der Waals surface area contributed by atoms with E-state index in [1.807, 2.05) is 48.5 Å². The number of hydrogen-bond acceptors (Lipinski definition) is 5. The van der Waals surface area contributed by atoms with Gasteiger partial charge in [-0.3, -0.25) is 4.79 Å². The minimum atomic E-state index is -1.69. The number of ether oxygens (including phenoxy) is 1. The monoisotopic (exact) mass is 484 g/mol. The number of cyclic esters (lactones) is 1. The van der Waals surface area contributed by atoms with Crippen LogP contribution in [0.25, 0.3) is 16.7 Å². The van der Waals surface area contributed by atoms with Gasteiger partial charge in [-0.05, 0) is 48.4 Å². The normalized spacial score (nSPS) is 18.7. The van der Waals surface area contributed by atoms with E-state index in [2.05, 4.69) is 20.3 Å². The fourth-order valence-corrected chi connectivity index (χ4v) is 4.55. The molecule has 5 aromatic rings. The molecule has 6 rings (SSSR count). The van der Waals surface area contributed by atoms with Gasteiger partial charge >= 0.3 is 6.09 Å². The summed E-state index contributed by atoms with van der Waals surface area (Å²) in [6, 6.07) is 19.9. The number of imidazole rings is 1. The second-order valence-corrected chi connectivity index (χ2v) is 8.76. The molecule has 3 aromatic carbocycles. The van der Waals surface area contributed by atoms with Gasteiger partial charge in [0.15, 0.2) is 5.82 Å². The summed E-state index contributed by atoms with van der Waals surface area (Å²) in [5.41, 5.74) is 1.83. The maximum atomic E-state index is 14.0. The number of nitrogens with zero attached hydrogens (tertiary/aromatic N) is 4. The highest BCUT2D eigenvalue weighted by molar-refractivity contribution is 6.04. The number of rotatable bonds is 6. The molecule has 0 radical (unpaired) electrons. The molecule has 1 saturated heterocycles. The van der Waals surface area contributed by atoms with Crippen LogP contribution in [0.15, 0.2) is 79.1 Å². The van der Waals surface area contributed by atoms with Gasteiger partial charge in [-0.15, -0.1) is 5.10 Å². The summed E-state index contributed by atoms with van der Waals surface area (Å²) in [6.07, 6.45) is 0.944. The summed E-state index contributed by atoms with van der Waals surface area (Å²) >= 11 is 0. The number of fused-ring (bicyclic) bond motifs is 1. The third-order valence-electron chi connectivity index (χ3n) is 6.52. The highest BCUT2D eigenvalue weighted by Gasteiger charge is 2.58. The van der Waals surface area contributed by atoms with Crippen LogP contribution in [0.4, 0.5) is 9.18 Å². The molecule has 2 N–H and O–H groups in total. The SMILES string of the molecule is C[C@H](c1ccc(F)cc1)N1C(=O)O[C@](Cc2ccccc2)(c2nc3ccc(-n4cn[nH]4)cc3[nH]2)C1=O. The lowest BCUT2D eigenvalue weighted by atomic mass is 9.92. The van der Waals surface area contributed by atoms with Crippen LogP contribution in [-0.4, -0.2) is 41.9 Å². The third-order valence-corrected chi connectivity index (χ3v) is 6.52. The first-order valence-corrected chi connectivity index (χ1v) is 11.4. The highest BCUT2D eigenvalue weighted by atomic mass is 19.1. The average Bonchev–Trinajstić information content (AvgIpc) is 3.37. The van der Waals surface area contributed by atoms with Gasteiger partial charge in [0.2, 0.25) is 0 Å². The van der Waals surface area contributed by atoms with Gasteiger partial charge < -0.3 is 9.72 Å². The Hall–Kier alpha value is -4.73. The number of carbonyl (C=O) groups excluding carboxylic acids is 2. The molecule has 9 nitrogen and oxygen atoms in total. The molecule has 0 aliphatic carbocycles. The Kier molecular flexibility index (Phi) is 4.96. The number of benzene rings is 3. The minimum Gasteiger partial charge on any atom is -0.424 e. The predicted octanol–water partition coefficient (Wildman–Crippen LogP) is 4.39. The standard InChI is InChI=1S/C26H21FN6O3/c1-16(18-7-9-19(27)10-8-18)33-24(34)26(36-25(33)35,14-17-5-3-2-4-6-17)23-29-21-12-11-20(13-22(21)30-23)32-15-28-31-32/h2-13,15-16,31H,14H2,1H3,(H,29,30)/t16-,26-/m1/s1. The van der Waals surface area contributed by atoms with Gasteiger partial charge in [0, 0.05) is 6.42 Å². The van der Waals surface area contributed by atoms with Gasteiger partial charge in [0.05, 0.1) is 22.8 Å². The summed E-state index contributed by atoms with van der Waals surface area (Å²) in [7, 11) is 0. The van der Waals surface area contributed by atoms with Crippen LogP contribution in [0.1, 0.15) is 29.9 Å². The minimum absolute atomic E-state index is 0.0953. The first kappa shape index (κ1) is 21.8. The topological polar surface area (TPSA) is 109 Å². The Labute approximate surface area is 204 Å². The van der Waals surface area contributed by atoms with Crippen molar-refractivity contribution >= 4 is 23.0 Å². The van der Waals surface area contributed by atoms with Crippen LogP contribution in [0.2, 0.25) is 0 Å². The molecule has 2 amide bonds. The van der Waals surface area contributed by atoms with E-state index in [1.54, 1.807) is 30.1 Å². The first-order chi connectivity index (χ1) is 17.4. The molecule has 1 aliphatic heterocycles. The van der Waals surface area contributed by atoms with Crippen LogP contribution in [0.3, 0.4) is 0 Å². The molecule has 180 valence electrons. The van der Waals surface area contributed by atoms with Crippen molar-refractivity contribution in [3.8, 4) is 5.69 Å². The Bertz CT molecular complexity index is 1560. The third kappa shape index (κ3) is 3.46. The molecule has 1 aliphatic rings. The van der Waals surface area contributed by atoms with Crippen LogP contribution in [0, 0.1) is 5.82 Å². The molecule has 36 heavy (non-hydrogen) atoms. The van der Waals surface area contributed by atoms with Crippen molar-refractivity contribution in [3.63, 3.8) is 0 Å². The Morgan fingerprint density at radius 3 is 2.50 bits per heavy atom. The average molecular weight is 484 g/mol. The van der Waals surface area contributed by atoms with Crippen molar-refractivity contribution < 1.29 is 18.7 Å². The van der Waals surface area contributed by atoms with E-state index in [0.717, 1.165) is 16.2 Å². The van der Waals surface area contributed by atoms with Crippen molar-refractivity contribution in [1.29, 1.82) is 0 Å². The maximum absolute atomic E-state index is 14.0. The fourth-order valence-electron chi connectivity index (χ4n) is 4.55. The van der Waals surface area contributed by atoms with E-state index in [-0.39, 0.29) is 12.2 Å². The number of aromatic nitrogens is 5. The van der Waals surface area contributed by atoms with Crippen LogP contribution in [0.5, 0.6) is 0 Å². The smallest absolute Gasteiger partial charge is 0.418 e. The lowest BCUT2D eigenvalue weighted by Crippen LogP contribution is -2.42. The molecule has 0 unspecified atom stereocenters. The molecular formula is C26H21FN6O3. The molecule has 2 atom stereocenters. The number of carbonyl (C=O) groups is 2. The van der Waals surface area contributed by atoms with E-state index < -0.39 is 29.5 Å². The number of amides is 2. The molecule has 1 fully saturated rings. The molecule has 2 aromatic heterocycles. The second kappa shape index (κ2) is 8.19. The van der Waals surface area contributed by atoms with Gasteiger partial charge in [0.1, 0.15) is 12.1 Å². The summed E-state index contributed by atoms with van der Waals surface area (Å²) < 4.78 is 21.1. The zero-order chi connectivity index (χ0) is 24.9. The summed E-state index contributed by atoms with van der Waals surface area (Å²) in [5.74, 6) is -0.707. The molecule has 0 saturated carbocycles. The molecular weight excluding hydrogens is 463 g/mol. The Morgan fingerprint density at radius 1 is 1.06 bits per heavy atom. The van der Waals surface area contributed by atoms with Gasteiger partial charge in [-0.25, -0.2) is 29.0 Å². The zero-order valence-electron chi connectivity index (χ0n) is 19.2. The lowest BCUT2D eigenvalue weighted by molar-refractivity contribution is -0.139. The maximum Gasteiger partial charge on any atom is 0.418 e. The molecule has 0 spiro atoms. The Balaban J connectivity index is 1.44. The molecule has 3 heterocycles. The Morgan fingerprint density at radius 2 is 1.81 bits per heavy atom. The first-order valence-electron chi connectivity index (χ1n) is 11.4. The van der Waals surface area contributed by atoms with Crippen molar-refractivity contribution in [2.45, 2.75) is 25.0 Å². The van der Waals surface area contributed by atoms with E-state index >= 15 is 0 Å². The van der Waals surface area contributed by atoms with E-state index in [9.17, 15) is 14.0 Å². The lowest BCUT2D eigenvalue weighted by Gasteiger charge is -2.25. The predicted molar refractivity (Wildman–Crippen MR) is 128 cm³/mol. The van der Waals surface area contributed by atoms with Crippen LogP contribution >= 0.6 is 0 Å². The molecule has 0 bridgehead atoms. The van der Waals surface area contributed by atoms with Crippen molar-refractivity contribution in [2.24, 2.45) is 0 Å². The van der Waals surface area contributed by atoms with Crippen molar-refractivity contribution in [1.82, 2.24) is 29.9 Å². The number of H-pyrrole nitrogens is 2. The highest BCUT2D eigenvalue weighted by Crippen LogP contribution is 2.41. The summed E-state index contributed by atoms with van der Waals surface area (Å²) in [4.78, 5) is 36.2. The van der Waals surface area contributed by atoms with Crippen LogP contribution < -0.4 is 0 Å². The second-order valence-electron chi connectivity index (χ2n) is 8.76. The van der Waals surface area contributed by atoms with E-state index in [0.29, 0.717) is 16.6 Å². The quantitative estimate of drug-likeness (QED) is 0.372. The van der Waals surface area contributed by atoms with Gasteiger partial charge in [-0.1, -0.05) is 42.5 Å². The van der Waals surface area contributed by atoms with E-state index in [4.69, 9.17) is 4.74 Å². The number of nitrogens with one attached hydrogen (secondary N) is 2. The summed E-state index contributed by atoms with van der Waals surface area (Å²) in [6.45, 7) is 1.71. The number of imide groups is 1. The van der Waals surface area contributed by atoms with Crippen LogP contribution in [-0.2, 0) is 21.6 Å².